The van der Waals surface area contributed by atoms with Crippen molar-refractivity contribution in [2.45, 2.75) is 32.4 Å². The minimum atomic E-state index is -0.380. The number of nitrogens with zero attached hydrogens (tertiary/aromatic N) is 1. The summed E-state index contributed by atoms with van der Waals surface area (Å²) in [6, 6.07) is 7.67. The zero-order valence-corrected chi connectivity index (χ0v) is 12.5. The van der Waals surface area contributed by atoms with Crippen LogP contribution in [0.3, 0.4) is 0 Å². The van der Waals surface area contributed by atoms with Crippen molar-refractivity contribution in [1.82, 2.24) is 10.2 Å². The fraction of sp³-hybridized carbons (Fsp3) is 0.562. The number of nitrogens with one attached hydrogen (secondary N) is 1. The topological polar surface area (TPSA) is 61.8 Å². The number of benzene rings is 1. The monoisotopic (exact) mass is 292 g/mol. The molecule has 1 heterocycles. The molecule has 1 atom stereocenters. The van der Waals surface area contributed by atoms with Gasteiger partial charge >= 0.3 is 0 Å². The number of amides is 1. The van der Waals surface area contributed by atoms with Gasteiger partial charge in [-0.25, -0.2) is 0 Å². The molecular weight excluding hydrogens is 268 g/mol. The first-order chi connectivity index (χ1) is 10.2. The average molecular weight is 292 g/mol. The maximum atomic E-state index is 12.0. The number of carbonyl (C=O) groups excluding carboxylic acids is 1. The summed E-state index contributed by atoms with van der Waals surface area (Å²) in [6.45, 7) is 4.66. The molecule has 0 radical (unpaired) electrons. The maximum Gasteiger partial charge on any atom is 0.260 e. The fourth-order valence-corrected chi connectivity index (χ4v) is 2.40. The normalized spacial score (nSPS) is 16.0. The molecule has 0 spiro atoms. The SMILES string of the molecule is CC(O)CNCc1ccccc1OCC(=O)N1CCCC1. The second-order valence-corrected chi connectivity index (χ2v) is 5.46. The molecule has 0 saturated carbocycles. The molecule has 0 aromatic heterocycles. The second kappa shape index (κ2) is 8.00. The number of ether oxygens (including phenoxy) is 1. The summed E-state index contributed by atoms with van der Waals surface area (Å²) in [6.07, 6.45) is 1.80. The van der Waals surface area contributed by atoms with Crippen LogP contribution < -0.4 is 10.1 Å². The molecule has 5 nitrogen and oxygen atoms in total. The van der Waals surface area contributed by atoms with Crippen LogP contribution in [0.15, 0.2) is 24.3 Å². The highest BCUT2D eigenvalue weighted by molar-refractivity contribution is 5.78. The van der Waals surface area contributed by atoms with E-state index in [-0.39, 0.29) is 18.6 Å². The number of rotatable bonds is 7. The average Bonchev–Trinajstić information content (AvgIpc) is 3.00. The van der Waals surface area contributed by atoms with E-state index in [1.54, 1.807) is 6.92 Å². The lowest BCUT2D eigenvalue weighted by Gasteiger charge is -2.17. The number of hydrogen-bond acceptors (Lipinski definition) is 4. The van der Waals surface area contributed by atoms with Gasteiger partial charge in [0, 0.05) is 31.7 Å². The van der Waals surface area contributed by atoms with Crippen LogP contribution in [0.4, 0.5) is 0 Å². The van der Waals surface area contributed by atoms with Crippen LogP contribution in [0.5, 0.6) is 5.75 Å². The third-order valence-corrected chi connectivity index (χ3v) is 3.54. The van der Waals surface area contributed by atoms with Gasteiger partial charge in [0.1, 0.15) is 5.75 Å². The first-order valence-electron chi connectivity index (χ1n) is 7.54. The molecule has 1 saturated heterocycles. The summed E-state index contributed by atoms with van der Waals surface area (Å²) in [5.74, 6) is 0.780. The Bertz CT molecular complexity index is 457. The van der Waals surface area contributed by atoms with Crippen molar-refractivity contribution in [2.75, 3.05) is 26.2 Å². The molecular formula is C16H24N2O3. The summed E-state index contributed by atoms with van der Waals surface area (Å²) in [5, 5.41) is 12.4. The molecule has 2 N–H and O–H groups in total. The molecule has 1 fully saturated rings. The quantitative estimate of drug-likeness (QED) is 0.791. The zero-order valence-electron chi connectivity index (χ0n) is 12.5. The Morgan fingerprint density at radius 1 is 1.38 bits per heavy atom. The summed E-state index contributed by atoms with van der Waals surface area (Å²) in [7, 11) is 0. The molecule has 1 aliphatic rings. The molecule has 1 aromatic carbocycles. The van der Waals surface area contributed by atoms with Crippen LogP contribution in [0.1, 0.15) is 25.3 Å². The largest absolute Gasteiger partial charge is 0.483 e. The Kier molecular flexibility index (Phi) is 6.02. The van der Waals surface area contributed by atoms with Crippen molar-refractivity contribution in [3.63, 3.8) is 0 Å². The van der Waals surface area contributed by atoms with Crippen LogP contribution >= 0.6 is 0 Å². The predicted molar refractivity (Wildman–Crippen MR) is 81.1 cm³/mol. The smallest absolute Gasteiger partial charge is 0.260 e. The lowest BCUT2D eigenvalue weighted by molar-refractivity contribution is -0.132. The van der Waals surface area contributed by atoms with Crippen molar-refractivity contribution in [2.24, 2.45) is 0 Å². The standard InChI is InChI=1S/C16H24N2O3/c1-13(19)10-17-11-14-6-2-3-7-15(14)21-12-16(20)18-8-4-5-9-18/h2-3,6-7,13,17,19H,4-5,8-12H2,1H3. The molecule has 1 aromatic rings. The van der Waals surface area contributed by atoms with E-state index in [0.717, 1.165) is 37.2 Å². The van der Waals surface area contributed by atoms with Gasteiger partial charge in [0.15, 0.2) is 6.61 Å². The summed E-state index contributed by atoms with van der Waals surface area (Å²) < 4.78 is 5.68. The maximum absolute atomic E-state index is 12.0. The van der Waals surface area contributed by atoms with Crippen molar-refractivity contribution in [1.29, 1.82) is 0 Å². The van der Waals surface area contributed by atoms with Gasteiger partial charge in [0.2, 0.25) is 0 Å². The number of likely N-dealkylation sites (tertiary alicyclic amines) is 1. The highest BCUT2D eigenvalue weighted by Gasteiger charge is 2.18. The Balaban J connectivity index is 1.85. The molecule has 21 heavy (non-hydrogen) atoms. The van der Waals surface area contributed by atoms with Crippen molar-refractivity contribution < 1.29 is 14.6 Å². The third-order valence-electron chi connectivity index (χ3n) is 3.54. The lowest BCUT2D eigenvalue weighted by atomic mass is 10.2. The summed E-state index contributed by atoms with van der Waals surface area (Å²) >= 11 is 0. The Morgan fingerprint density at radius 2 is 2.10 bits per heavy atom. The van der Waals surface area contributed by atoms with E-state index < -0.39 is 0 Å². The van der Waals surface area contributed by atoms with Gasteiger partial charge in [-0.05, 0) is 25.8 Å². The zero-order chi connectivity index (χ0) is 15.1. The van der Waals surface area contributed by atoms with Crippen molar-refractivity contribution >= 4 is 5.91 Å². The number of aliphatic hydroxyl groups is 1. The summed E-state index contributed by atoms with van der Waals surface area (Å²) in [4.78, 5) is 13.8. The van der Waals surface area contributed by atoms with Gasteiger partial charge in [-0.3, -0.25) is 4.79 Å². The van der Waals surface area contributed by atoms with Crippen LogP contribution in [-0.4, -0.2) is 48.3 Å². The van der Waals surface area contributed by atoms with E-state index in [0.29, 0.717) is 13.1 Å². The number of para-hydroxylation sites is 1. The van der Waals surface area contributed by atoms with Gasteiger partial charge in [-0.1, -0.05) is 18.2 Å². The van der Waals surface area contributed by atoms with Crippen LogP contribution in [0, 0.1) is 0 Å². The van der Waals surface area contributed by atoms with Crippen LogP contribution in [0.2, 0.25) is 0 Å². The molecule has 5 heteroatoms. The highest BCUT2D eigenvalue weighted by Crippen LogP contribution is 2.18. The third kappa shape index (κ3) is 5.02. The van der Waals surface area contributed by atoms with Gasteiger partial charge < -0.3 is 20.1 Å². The Morgan fingerprint density at radius 3 is 2.81 bits per heavy atom. The number of aliphatic hydroxyl groups excluding tert-OH is 1. The first-order valence-corrected chi connectivity index (χ1v) is 7.54. The van der Waals surface area contributed by atoms with E-state index >= 15 is 0 Å². The molecule has 0 aliphatic carbocycles. The number of hydrogen-bond donors (Lipinski definition) is 2. The van der Waals surface area contributed by atoms with Gasteiger partial charge in [0.05, 0.1) is 6.10 Å². The second-order valence-electron chi connectivity index (χ2n) is 5.46. The van der Waals surface area contributed by atoms with Crippen molar-refractivity contribution in [3.8, 4) is 5.75 Å². The molecule has 0 bridgehead atoms. The highest BCUT2D eigenvalue weighted by atomic mass is 16.5. The Labute approximate surface area is 125 Å². The first kappa shape index (κ1) is 15.8. The van der Waals surface area contributed by atoms with Crippen molar-refractivity contribution in [3.05, 3.63) is 29.8 Å². The van der Waals surface area contributed by atoms with E-state index in [9.17, 15) is 9.90 Å². The fourth-order valence-electron chi connectivity index (χ4n) is 2.40. The number of carbonyl (C=O) groups is 1. The molecule has 1 unspecified atom stereocenters. The van der Waals surface area contributed by atoms with Gasteiger partial charge in [0.25, 0.3) is 5.91 Å². The van der Waals surface area contributed by atoms with E-state index in [4.69, 9.17) is 4.74 Å². The van der Waals surface area contributed by atoms with E-state index in [1.165, 1.54) is 0 Å². The van der Waals surface area contributed by atoms with E-state index in [1.807, 2.05) is 29.2 Å². The Hall–Kier alpha value is -1.59. The van der Waals surface area contributed by atoms with E-state index in [2.05, 4.69) is 5.32 Å². The lowest BCUT2D eigenvalue weighted by Crippen LogP contribution is -2.32. The molecule has 1 aliphatic heterocycles. The predicted octanol–water partition coefficient (Wildman–Crippen LogP) is 1.16. The van der Waals surface area contributed by atoms with Gasteiger partial charge in [-0.2, -0.15) is 0 Å². The summed E-state index contributed by atoms with van der Waals surface area (Å²) in [5.41, 5.74) is 0.993. The molecule has 1 amide bonds. The van der Waals surface area contributed by atoms with Crippen LogP contribution in [0.25, 0.3) is 0 Å². The van der Waals surface area contributed by atoms with Crippen LogP contribution in [-0.2, 0) is 11.3 Å². The molecule has 2 rings (SSSR count). The minimum Gasteiger partial charge on any atom is -0.483 e. The van der Waals surface area contributed by atoms with Gasteiger partial charge in [-0.15, -0.1) is 0 Å². The molecule has 116 valence electrons. The minimum absolute atomic E-state index is 0.0549.